The fraction of sp³-hybridized carbons (Fsp3) is 0.345. The Balaban J connectivity index is 1.50. The number of rotatable bonds is 7. The maximum absolute atomic E-state index is 13.3. The van der Waals surface area contributed by atoms with Crippen molar-refractivity contribution in [3.63, 3.8) is 0 Å². The van der Waals surface area contributed by atoms with Crippen LogP contribution in [-0.2, 0) is 15.1 Å². The van der Waals surface area contributed by atoms with Crippen molar-refractivity contribution in [1.29, 1.82) is 0 Å². The molecule has 7 heteroatoms. The third kappa shape index (κ3) is 5.41. The van der Waals surface area contributed by atoms with E-state index < -0.39 is 23.3 Å². The molecule has 1 amide bonds. The molecule has 1 N–H and O–H groups in total. The van der Waals surface area contributed by atoms with Gasteiger partial charge in [0.25, 0.3) is 0 Å². The van der Waals surface area contributed by atoms with Crippen molar-refractivity contribution in [2.75, 3.05) is 13.7 Å². The quantitative estimate of drug-likeness (QED) is 0.442. The van der Waals surface area contributed by atoms with E-state index in [9.17, 15) is 14.7 Å². The standard InChI is InChI=1S/C29H32N2O5/c1-20(21-10-12-22(13-11-21)25-15-14-23(18-30-25)26(32)35-4)31-17-16-29(36-27(31)33,19-28(2,3)34)24-8-6-5-7-9-24/h5-15,18,20,34H,16-17,19H2,1-4H3/t20-,29?/m0/s1. The molecule has 0 bridgehead atoms. The fourth-order valence-electron chi connectivity index (χ4n) is 4.81. The molecule has 0 saturated carbocycles. The second-order valence-electron chi connectivity index (χ2n) is 9.88. The van der Waals surface area contributed by atoms with Crippen LogP contribution < -0.4 is 0 Å². The van der Waals surface area contributed by atoms with Crippen molar-refractivity contribution in [2.45, 2.75) is 50.9 Å². The monoisotopic (exact) mass is 488 g/mol. The number of cyclic esters (lactones) is 1. The summed E-state index contributed by atoms with van der Waals surface area (Å²) in [5.74, 6) is -0.425. The normalized spacial score (nSPS) is 18.9. The number of hydrogen-bond acceptors (Lipinski definition) is 6. The number of methoxy groups -OCH3 is 1. The minimum atomic E-state index is -0.997. The molecule has 0 radical (unpaired) electrons. The summed E-state index contributed by atoms with van der Waals surface area (Å²) in [5, 5.41) is 10.6. The second-order valence-corrected chi connectivity index (χ2v) is 9.88. The molecule has 2 atom stereocenters. The average molecular weight is 489 g/mol. The maximum Gasteiger partial charge on any atom is 0.411 e. The van der Waals surface area contributed by atoms with Crippen LogP contribution in [-0.4, -0.2) is 46.3 Å². The van der Waals surface area contributed by atoms with Crippen molar-refractivity contribution >= 4 is 12.1 Å². The molecule has 1 fully saturated rings. The van der Waals surface area contributed by atoms with Crippen LogP contribution in [0.25, 0.3) is 11.3 Å². The molecule has 1 unspecified atom stereocenters. The van der Waals surface area contributed by atoms with E-state index in [0.717, 1.165) is 22.4 Å². The number of esters is 1. The lowest BCUT2D eigenvalue weighted by Gasteiger charge is -2.45. The third-order valence-electron chi connectivity index (χ3n) is 6.63. The minimum Gasteiger partial charge on any atom is -0.465 e. The van der Waals surface area contributed by atoms with Gasteiger partial charge in [-0.15, -0.1) is 0 Å². The Morgan fingerprint density at radius 1 is 1.14 bits per heavy atom. The van der Waals surface area contributed by atoms with E-state index in [2.05, 4.69) is 4.98 Å². The van der Waals surface area contributed by atoms with Crippen LogP contribution in [0.5, 0.6) is 0 Å². The topological polar surface area (TPSA) is 89.0 Å². The molecule has 3 aromatic rings. The Labute approximate surface area is 211 Å². The Morgan fingerprint density at radius 2 is 1.83 bits per heavy atom. The predicted molar refractivity (Wildman–Crippen MR) is 136 cm³/mol. The molecule has 2 heterocycles. The third-order valence-corrected chi connectivity index (χ3v) is 6.63. The van der Waals surface area contributed by atoms with Crippen LogP contribution in [0, 0.1) is 0 Å². The molecule has 4 rings (SSSR count). The number of hydrogen-bond donors (Lipinski definition) is 1. The highest BCUT2D eigenvalue weighted by atomic mass is 16.6. The molecule has 2 aromatic carbocycles. The van der Waals surface area contributed by atoms with E-state index in [0.29, 0.717) is 24.9 Å². The molecule has 7 nitrogen and oxygen atoms in total. The molecule has 1 saturated heterocycles. The smallest absolute Gasteiger partial charge is 0.411 e. The highest BCUT2D eigenvalue weighted by molar-refractivity contribution is 5.89. The van der Waals surface area contributed by atoms with Crippen LogP contribution in [0.3, 0.4) is 0 Å². The van der Waals surface area contributed by atoms with Gasteiger partial charge in [0, 0.05) is 31.1 Å². The number of aromatic nitrogens is 1. The molecule has 1 aliphatic rings. The Bertz CT molecular complexity index is 1200. The summed E-state index contributed by atoms with van der Waals surface area (Å²) in [6.07, 6.45) is 1.99. The molecule has 0 aliphatic carbocycles. The zero-order valence-corrected chi connectivity index (χ0v) is 21.1. The summed E-state index contributed by atoms with van der Waals surface area (Å²) in [4.78, 5) is 31.0. The van der Waals surface area contributed by atoms with Gasteiger partial charge in [0.1, 0.15) is 5.60 Å². The van der Waals surface area contributed by atoms with Crippen LogP contribution in [0.2, 0.25) is 0 Å². The summed E-state index contributed by atoms with van der Waals surface area (Å²) in [5.41, 5.74) is 2.02. The van der Waals surface area contributed by atoms with Gasteiger partial charge in [0.05, 0.1) is 30.0 Å². The van der Waals surface area contributed by atoms with Gasteiger partial charge in [0.2, 0.25) is 0 Å². The van der Waals surface area contributed by atoms with E-state index in [-0.39, 0.29) is 6.04 Å². The van der Waals surface area contributed by atoms with Crippen molar-refractivity contribution in [2.24, 2.45) is 0 Å². The van der Waals surface area contributed by atoms with Crippen LogP contribution in [0.15, 0.2) is 72.9 Å². The highest BCUT2D eigenvalue weighted by Crippen LogP contribution is 2.42. The van der Waals surface area contributed by atoms with Crippen LogP contribution in [0.4, 0.5) is 4.79 Å². The van der Waals surface area contributed by atoms with Crippen molar-refractivity contribution in [3.05, 3.63) is 89.6 Å². The van der Waals surface area contributed by atoms with Crippen LogP contribution >= 0.6 is 0 Å². The molecule has 1 aromatic heterocycles. The van der Waals surface area contributed by atoms with E-state index in [1.54, 1.807) is 30.9 Å². The van der Waals surface area contributed by atoms with E-state index in [4.69, 9.17) is 9.47 Å². The van der Waals surface area contributed by atoms with Gasteiger partial charge < -0.3 is 19.5 Å². The van der Waals surface area contributed by atoms with Gasteiger partial charge in [0.15, 0.2) is 0 Å². The number of aliphatic hydroxyl groups is 1. The lowest BCUT2D eigenvalue weighted by molar-refractivity contribution is -0.101. The zero-order chi connectivity index (χ0) is 25.9. The summed E-state index contributed by atoms with van der Waals surface area (Å²) in [7, 11) is 1.34. The number of carbonyl (C=O) groups excluding carboxylic acids is 2. The maximum atomic E-state index is 13.3. The SMILES string of the molecule is COC(=O)c1ccc(-c2ccc([C@H](C)N3CCC(CC(C)(C)O)(c4ccccc4)OC3=O)cc2)nc1. The minimum absolute atomic E-state index is 0.197. The highest BCUT2D eigenvalue weighted by Gasteiger charge is 2.46. The van der Waals surface area contributed by atoms with Gasteiger partial charge in [-0.2, -0.15) is 0 Å². The Morgan fingerprint density at radius 3 is 2.39 bits per heavy atom. The first-order valence-electron chi connectivity index (χ1n) is 12.0. The van der Waals surface area contributed by atoms with Crippen molar-refractivity contribution in [1.82, 2.24) is 9.88 Å². The number of benzene rings is 2. The number of pyridine rings is 1. The van der Waals surface area contributed by atoms with Gasteiger partial charge in [-0.1, -0.05) is 54.6 Å². The van der Waals surface area contributed by atoms with Crippen LogP contribution in [0.1, 0.15) is 61.1 Å². The number of nitrogens with zero attached hydrogens (tertiary/aromatic N) is 2. The first-order valence-corrected chi connectivity index (χ1v) is 12.0. The summed E-state index contributed by atoms with van der Waals surface area (Å²) >= 11 is 0. The Hall–Kier alpha value is -3.71. The van der Waals surface area contributed by atoms with E-state index >= 15 is 0 Å². The molecule has 1 aliphatic heterocycles. The molecular formula is C29H32N2O5. The lowest BCUT2D eigenvalue weighted by atomic mass is 9.80. The number of ether oxygens (including phenoxy) is 2. The summed E-state index contributed by atoms with van der Waals surface area (Å²) < 4.78 is 10.8. The Kier molecular flexibility index (Phi) is 7.13. The molecular weight excluding hydrogens is 456 g/mol. The lowest BCUT2D eigenvalue weighted by Crippen LogP contribution is -2.51. The molecule has 36 heavy (non-hydrogen) atoms. The second kappa shape index (κ2) is 10.1. The van der Waals surface area contributed by atoms with Gasteiger partial charge in [-0.3, -0.25) is 4.98 Å². The molecule has 188 valence electrons. The van der Waals surface area contributed by atoms with Crippen molar-refractivity contribution < 1.29 is 24.2 Å². The van der Waals surface area contributed by atoms with Gasteiger partial charge >= 0.3 is 12.1 Å². The van der Waals surface area contributed by atoms with E-state index in [1.807, 2.05) is 61.5 Å². The van der Waals surface area contributed by atoms with Gasteiger partial charge in [-0.25, -0.2) is 9.59 Å². The van der Waals surface area contributed by atoms with Crippen molar-refractivity contribution in [3.8, 4) is 11.3 Å². The predicted octanol–water partition coefficient (Wildman–Crippen LogP) is 5.50. The number of carbonyl (C=O) groups is 2. The fourth-order valence-corrected chi connectivity index (χ4v) is 4.81. The summed E-state index contributed by atoms with van der Waals surface area (Å²) in [6.45, 7) is 5.95. The first-order chi connectivity index (χ1) is 17.1. The molecule has 0 spiro atoms. The largest absolute Gasteiger partial charge is 0.465 e. The van der Waals surface area contributed by atoms with Gasteiger partial charge in [-0.05, 0) is 44.0 Å². The number of amides is 1. The summed E-state index contributed by atoms with van der Waals surface area (Å²) in [6, 6.07) is 20.8. The first kappa shape index (κ1) is 25.4. The van der Waals surface area contributed by atoms with E-state index in [1.165, 1.54) is 13.3 Å². The average Bonchev–Trinajstić information content (AvgIpc) is 2.88. The zero-order valence-electron chi connectivity index (χ0n) is 21.1.